The van der Waals surface area contributed by atoms with E-state index in [0.29, 0.717) is 19.6 Å². The number of carbonyl (C=O) groups is 1. The van der Waals surface area contributed by atoms with E-state index < -0.39 is 0 Å². The average molecular weight is 399 g/mol. The van der Waals surface area contributed by atoms with Gasteiger partial charge < -0.3 is 23.7 Å². The first kappa shape index (κ1) is 19.8. The predicted molar refractivity (Wildman–Crippen MR) is 110 cm³/mol. The molecule has 0 saturated carbocycles. The van der Waals surface area contributed by atoms with Gasteiger partial charge in [0.05, 0.1) is 32.2 Å². The molecule has 1 aromatic carbocycles. The van der Waals surface area contributed by atoms with E-state index in [2.05, 4.69) is 17.0 Å². The first-order valence-corrected chi connectivity index (χ1v) is 10.4. The van der Waals surface area contributed by atoms with Gasteiger partial charge in [-0.2, -0.15) is 0 Å². The van der Waals surface area contributed by atoms with Crippen LogP contribution in [0.4, 0.5) is 0 Å². The first-order valence-electron chi connectivity index (χ1n) is 10.4. The van der Waals surface area contributed by atoms with E-state index in [-0.39, 0.29) is 17.5 Å². The van der Waals surface area contributed by atoms with Gasteiger partial charge in [-0.3, -0.25) is 4.79 Å². The van der Waals surface area contributed by atoms with Crippen molar-refractivity contribution in [3.63, 3.8) is 0 Å². The third kappa shape index (κ3) is 3.86. The summed E-state index contributed by atoms with van der Waals surface area (Å²) < 4.78 is 18.8. The number of aromatic nitrogens is 1. The first-order chi connectivity index (χ1) is 14.2. The van der Waals surface area contributed by atoms with Gasteiger partial charge >= 0.3 is 0 Å². The maximum atomic E-state index is 13.5. The van der Waals surface area contributed by atoms with Gasteiger partial charge in [-0.1, -0.05) is 0 Å². The summed E-state index contributed by atoms with van der Waals surface area (Å²) in [6, 6.07) is 9.98. The number of nitrogens with zero attached hydrogens (tertiary/aromatic N) is 2. The molecule has 4 rings (SSSR count). The van der Waals surface area contributed by atoms with E-state index in [1.54, 1.807) is 14.2 Å². The number of methoxy groups -OCH3 is 2. The van der Waals surface area contributed by atoms with Crippen molar-refractivity contribution in [3.05, 3.63) is 48.3 Å². The Morgan fingerprint density at radius 1 is 1.17 bits per heavy atom. The van der Waals surface area contributed by atoms with Crippen LogP contribution in [0.3, 0.4) is 0 Å². The molecule has 1 atom stereocenters. The van der Waals surface area contributed by atoms with E-state index in [9.17, 15) is 4.79 Å². The Hall–Kier alpha value is -2.47. The Kier molecular flexibility index (Phi) is 5.81. The van der Waals surface area contributed by atoms with Gasteiger partial charge in [0.2, 0.25) is 5.91 Å². The van der Waals surface area contributed by atoms with E-state index in [1.807, 2.05) is 35.2 Å². The normalized spacial score (nSPS) is 21.2. The van der Waals surface area contributed by atoms with Crippen molar-refractivity contribution in [3.8, 4) is 11.5 Å². The van der Waals surface area contributed by atoms with Crippen molar-refractivity contribution in [1.82, 2.24) is 9.47 Å². The minimum atomic E-state index is -0.198. The molecule has 156 valence electrons. The van der Waals surface area contributed by atoms with Crippen LogP contribution < -0.4 is 9.47 Å². The number of hydrogen-bond acceptors (Lipinski definition) is 4. The molecule has 6 heteroatoms. The zero-order valence-electron chi connectivity index (χ0n) is 17.3. The lowest BCUT2D eigenvalue weighted by Crippen LogP contribution is -2.44. The largest absolute Gasteiger partial charge is 0.497 e. The Bertz CT molecular complexity index is 827. The van der Waals surface area contributed by atoms with E-state index >= 15 is 0 Å². The molecule has 6 nitrogen and oxygen atoms in total. The molecule has 2 aliphatic heterocycles. The van der Waals surface area contributed by atoms with Gasteiger partial charge in [-0.25, -0.2) is 0 Å². The predicted octanol–water partition coefficient (Wildman–Crippen LogP) is 3.76. The lowest BCUT2D eigenvalue weighted by atomic mass is 9.85. The van der Waals surface area contributed by atoms with Gasteiger partial charge in [-0.05, 0) is 49.9 Å². The zero-order chi connectivity index (χ0) is 20.3. The Morgan fingerprint density at radius 2 is 1.93 bits per heavy atom. The highest BCUT2D eigenvalue weighted by Gasteiger charge is 2.40. The Balaban J connectivity index is 1.58. The molecule has 2 saturated heterocycles. The van der Waals surface area contributed by atoms with E-state index in [0.717, 1.165) is 49.3 Å². The van der Waals surface area contributed by atoms with Gasteiger partial charge in [0.25, 0.3) is 0 Å². The van der Waals surface area contributed by atoms with Gasteiger partial charge in [-0.15, -0.1) is 0 Å². The van der Waals surface area contributed by atoms with Crippen molar-refractivity contribution in [2.24, 2.45) is 0 Å². The van der Waals surface area contributed by atoms with Gasteiger partial charge in [0.15, 0.2) is 0 Å². The summed E-state index contributed by atoms with van der Waals surface area (Å²) in [5.74, 6) is 1.75. The third-order valence-electron chi connectivity index (χ3n) is 6.43. The minimum absolute atomic E-state index is 0.0462. The molecule has 0 spiro atoms. The molecular weight excluding hydrogens is 368 g/mol. The summed E-state index contributed by atoms with van der Waals surface area (Å²) in [6.07, 6.45) is 8.33. The molecular formula is C23H30N2O4. The molecule has 29 heavy (non-hydrogen) atoms. The van der Waals surface area contributed by atoms with Crippen LogP contribution in [0.25, 0.3) is 0 Å². The molecule has 0 radical (unpaired) electrons. The topological polar surface area (TPSA) is 52.9 Å². The molecule has 1 aromatic heterocycles. The van der Waals surface area contributed by atoms with E-state index in [4.69, 9.17) is 14.2 Å². The van der Waals surface area contributed by atoms with Crippen LogP contribution in [0, 0.1) is 0 Å². The molecule has 2 aromatic rings. The minimum Gasteiger partial charge on any atom is -0.497 e. The fraction of sp³-hybridized carbons (Fsp3) is 0.522. The zero-order valence-corrected chi connectivity index (χ0v) is 17.3. The van der Waals surface area contributed by atoms with E-state index in [1.165, 1.54) is 0 Å². The number of hydrogen-bond donors (Lipinski definition) is 0. The highest BCUT2D eigenvalue weighted by Crippen LogP contribution is 2.41. The Labute approximate surface area is 172 Å². The average Bonchev–Trinajstić information content (AvgIpc) is 3.46. The second kappa shape index (κ2) is 8.49. The standard InChI is InChI=1S/C23H30N2O4/c1-27-18-7-8-19(21(16-18)28-2)20-6-5-13-25(20)22(26)17-23(9-14-29-15-10-23)24-11-3-4-12-24/h3-4,7-8,11-12,16,20H,5-6,9-10,13-15,17H2,1-2H3. The fourth-order valence-corrected chi connectivity index (χ4v) is 4.79. The smallest absolute Gasteiger partial charge is 0.225 e. The lowest BCUT2D eigenvalue weighted by Gasteiger charge is -2.40. The number of rotatable bonds is 6. The number of amides is 1. The number of benzene rings is 1. The second-order valence-electron chi connectivity index (χ2n) is 7.96. The van der Waals surface area contributed by atoms with Crippen LogP contribution in [-0.2, 0) is 15.1 Å². The monoisotopic (exact) mass is 398 g/mol. The van der Waals surface area contributed by atoms with Crippen LogP contribution in [0.1, 0.15) is 43.7 Å². The van der Waals surface area contributed by atoms with Crippen molar-refractivity contribution in [1.29, 1.82) is 0 Å². The second-order valence-corrected chi connectivity index (χ2v) is 7.96. The maximum Gasteiger partial charge on any atom is 0.225 e. The quantitative estimate of drug-likeness (QED) is 0.743. The highest BCUT2D eigenvalue weighted by atomic mass is 16.5. The highest BCUT2D eigenvalue weighted by molar-refractivity contribution is 5.78. The molecule has 2 fully saturated rings. The Morgan fingerprint density at radius 3 is 2.62 bits per heavy atom. The van der Waals surface area contributed by atoms with Crippen molar-refractivity contribution in [2.75, 3.05) is 34.0 Å². The van der Waals surface area contributed by atoms with Crippen LogP contribution in [0.5, 0.6) is 11.5 Å². The van der Waals surface area contributed by atoms with Crippen LogP contribution in [-0.4, -0.2) is 49.4 Å². The maximum absolute atomic E-state index is 13.5. The molecule has 0 aliphatic carbocycles. The summed E-state index contributed by atoms with van der Waals surface area (Å²) >= 11 is 0. The van der Waals surface area contributed by atoms with Crippen molar-refractivity contribution >= 4 is 5.91 Å². The van der Waals surface area contributed by atoms with Gasteiger partial charge in [0, 0.05) is 43.8 Å². The summed E-state index contributed by atoms with van der Waals surface area (Å²) in [4.78, 5) is 15.6. The summed E-state index contributed by atoms with van der Waals surface area (Å²) in [5.41, 5.74) is 0.858. The number of carbonyl (C=O) groups excluding carboxylic acids is 1. The van der Waals surface area contributed by atoms with Crippen molar-refractivity contribution < 1.29 is 19.0 Å². The summed E-state index contributed by atoms with van der Waals surface area (Å²) in [5, 5.41) is 0. The molecule has 1 amide bonds. The molecule has 3 heterocycles. The summed E-state index contributed by atoms with van der Waals surface area (Å²) in [6.45, 7) is 2.18. The number of likely N-dealkylation sites (tertiary alicyclic amines) is 1. The van der Waals surface area contributed by atoms with Crippen LogP contribution in [0.2, 0.25) is 0 Å². The lowest BCUT2D eigenvalue weighted by molar-refractivity contribution is -0.136. The number of ether oxygens (including phenoxy) is 3. The SMILES string of the molecule is COc1ccc(C2CCCN2C(=O)CC2(n3cccc3)CCOCC2)c(OC)c1. The van der Waals surface area contributed by atoms with Crippen molar-refractivity contribution in [2.45, 2.75) is 43.7 Å². The molecule has 0 N–H and O–H groups in total. The van der Waals surface area contributed by atoms with Crippen LogP contribution >= 0.6 is 0 Å². The molecule has 0 bridgehead atoms. The summed E-state index contributed by atoms with van der Waals surface area (Å²) in [7, 11) is 3.32. The van der Waals surface area contributed by atoms with Gasteiger partial charge in [0.1, 0.15) is 11.5 Å². The fourth-order valence-electron chi connectivity index (χ4n) is 4.79. The molecule has 2 aliphatic rings. The third-order valence-corrected chi connectivity index (χ3v) is 6.43. The van der Waals surface area contributed by atoms with Crippen LogP contribution in [0.15, 0.2) is 42.7 Å². The molecule has 1 unspecified atom stereocenters.